The van der Waals surface area contributed by atoms with E-state index in [1.165, 1.54) is 0 Å². The highest BCUT2D eigenvalue weighted by Gasteiger charge is 2.21. The van der Waals surface area contributed by atoms with Gasteiger partial charge in [-0.3, -0.25) is 4.79 Å². The summed E-state index contributed by atoms with van der Waals surface area (Å²) < 4.78 is 16.1. The number of imidazole rings is 1. The quantitative estimate of drug-likeness (QED) is 0.555. The van der Waals surface area contributed by atoms with Crippen molar-refractivity contribution in [2.24, 2.45) is 5.92 Å². The number of benzene rings is 2. The molecule has 0 saturated carbocycles. The minimum absolute atomic E-state index is 0.102. The Morgan fingerprint density at radius 2 is 1.73 bits per heavy atom. The Labute approximate surface area is 176 Å². The molecule has 3 rings (SSSR count). The summed E-state index contributed by atoms with van der Waals surface area (Å²) in [4.78, 5) is 20.9. The fraction of sp³-hybridized carbons (Fsp3) is 0.391. The normalized spacial score (nSPS) is 12.1. The SMILES string of the molecule is COc1cc(CC(=O)N[C@@H](CC(C)C)c2nc3ccccc3[nH]2)cc(OC)c1OC. The van der Waals surface area contributed by atoms with Gasteiger partial charge in [-0.25, -0.2) is 4.98 Å². The molecule has 2 aromatic carbocycles. The highest BCUT2D eigenvalue weighted by Crippen LogP contribution is 2.38. The maximum Gasteiger partial charge on any atom is 0.225 e. The highest BCUT2D eigenvalue weighted by molar-refractivity contribution is 5.80. The lowest BCUT2D eigenvalue weighted by molar-refractivity contribution is -0.121. The first-order valence-corrected chi connectivity index (χ1v) is 9.98. The van der Waals surface area contributed by atoms with Gasteiger partial charge >= 0.3 is 0 Å². The summed E-state index contributed by atoms with van der Waals surface area (Å²) in [7, 11) is 4.67. The molecule has 0 aliphatic rings. The predicted octanol–water partition coefficient (Wildman–Crippen LogP) is 4.03. The van der Waals surface area contributed by atoms with Crippen LogP contribution in [-0.2, 0) is 11.2 Å². The number of para-hydroxylation sites is 2. The molecule has 0 saturated heterocycles. The lowest BCUT2D eigenvalue weighted by Crippen LogP contribution is -2.31. The maximum atomic E-state index is 12.9. The van der Waals surface area contributed by atoms with E-state index in [1.54, 1.807) is 33.5 Å². The molecule has 1 amide bonds. The van der Waals surface area contributed by atoms with Crippen LogP contribution in [0.5, 0.6) is 17.2 Å². The molecule has 2 N–H and O–H groups in total. The monoisotopic (exact) mass is 411 g/mol. The summed E-state index contributed by atoms with van der Waals surface area (Å²) in [5.74, 6) is 2.61. The molecule has 160 valence electrons. The van der Waals surface area contributed by atoms with Crippen molar-refractivity contribution >= 4 is 16.9 Å². The Kier molecular flexibility index (Phi) is 6.82. The van der Waals surface area contributed by atoms with Gasteiger partial charge in [0, 0.05) is 0 Å². The number of amides is 1. The van der Waals surface area contributed by atoms with Gasteiger partial charge in [0.25, 0.3) is 0 Å². The minimum atomic E-state index is -0.202. The first-order valence-electron chi connectivity index (χ1n) is 9.98. The van der Waals surface area contributed by atoms with E-state index in [-0.39, 0.29) is 18.4 Å². The van der Waals surface area contributed by atoms with Crippen molar-refractivity contribution in [1.82, 2.24) is 15.3 Å². The van der Waals surface area contributed by atoms with Crippen LogP contribution in [0.4, 0.5) is 0 Å². The van der Waals surface area contributed by atoms with Gasteiger partial charge in [0.1, 0.15) is 5.82 Å². The van der Waals surface area contributed by atoms with Crippen molar-refractivity contribution in [3.63, 3.8) is 0 Å². The molecule has 30 heavy (non-hydrogen) atoms. The van der Waals surface area contributed by atoms with E-state index < -0.39 is 0 Å². The third kappa shape index (κ3) is 4.84. The number of fused-ring (bicyclic) bond motifs is 1. The predicted molar refractivity (Wildman–Crippen MR) is 116 cm³/mol. The number of aromatic amines is 1. The van der Waals surface area contributed by atoms with E-state index in [1.807, 2.05) is 24.3 Å². The van der Waals surface area contributed by atoms with E-state index >= 15 is 0 Å². The Hall–Kier alpha value is -3.22. The summed E-state index contributed by atoms with van der Waals surface area (Å²) in [6, 6.07) is 11.2. The third-order valence-corrected chi connectivity index (χ3v) is 4.87. The molecule has 7 heteroatoms. The molecular weight excluding hydrogens is 382 g/mol. The van der Waals surface area contributed by atoms with Crippen molar-refractivity contribution in [2.75, 3.05) is 21.3 Å². The molecule has 0 bridgehead atoms. The highest BCUT2D eigenvalue weighted by atomic mass is 16.5. The minimum Gasteiger partial charge on any atom is -0.493 e. The van der Waals surface area contributed by atoms with Gasteiger partial charge in [0.05, 0.1) is 44.8 Å². The van der Waals surface area contributed by atoms with Gasteiger partial charge in [-0.05, 0) is 42.2 Å². The van der Waals surface area contributed by atoms with Crippen LogP contribution >= 0.6 is 0 Å². The molecule has 0 unspecified atom stereocenters. The number of methoxy groups -OCH3 is 3. The van der Waals surface area contributed by atoms with Crippen molar-refractivity contribution in [1.29, 1.82) is 0 Å². The second-order valence-electron chi connectivity index (χ2n) is 7.60. The van der Waals surface area contributed by atoms with E-state index in [2.05, 4.69) is 29.1 Å². The third-order valence-electron chi connectivity index (χ3n) is 4.87. The van der Waals surface area contributed by atoms with Crippen LogP contribution in [-0.4, -0.2) is 37.2 Å². The van der Waals surface area contributed by atoms with Crippen molar-refractivity contribution < 1.29 is 19.0 Å². The molecule has 0 aliphatic heterocycles. The van der Waals surface area contributed by atoms with Crippen LogP contribution in [0, 0.1) is 5.92 Å². The molecule has 0 radical (unpaired) electrons. The van der Waals surface area contributed by atoms with Crippen LogP contribution in [0.3, 0.4) is 0 Å². The summed E-state index contributed by atoms with van der Waals surface area (Å²) in [6.07, 6.45) is 0.965. The summed E-state index contributed by atoms with van der Waals surface area (Å²) in [6.45, 7) is 4.25. The zero-order chi connectivity index (χ0) is 21.7. The van der Waals surface area contributed by atoms with Crippen LogP contribution in [0.2, 0.25) is 0 Å². The van der Waals surface area contributed by atoms with Gasteiger partial charge < -0.3 is 24.5 Å². The first-order chi connectivity index (χ1) is 14.4. The van der Waals surface area contributed by atoms with Crippen molar-refractivity contribution in [2.45, 2.75) is 32.7 Å². The molecule has 0 fully saturated rings. The van der Waals surface area contributed by atoms with Crippen LogP contribution in [0.15, 0.2) is 36.4 Å². The first kappa shape index (κ1) is 21.5. The van der Waals surface area contributed by atoms with Crippen LogP contribution in [0.1, 0.15) is 37.7 Å². The zero-order valence-corrected chi connectivity index (χ0v) is 18.1. The average molecular weight is 412 g/mol. The van der Waals surface area contributed by atoms with Gasteiger partial charge in [-0.2, -0.15) is 0 Å². The molecule has 1 heterocycles. The van der Waals surface area contributed by atoms with E-state index in [0.29, 0.717) is 23.2 Å². The lowest BCUT2D eigenvalue weighted by atomic mass is 10.0. The summed E-state index contributed by atoms with van der Waals surface area (Å²) >= 11 is 0. The number of rotatable bonds is 9. The Balaban J connectivity index is 1.81. The second kappa shape index (κ2) is 9.52. The number of nitrogens with zero attached hydrogens (tertiary/aromatic N) is 1. The number of hydrogen-bond acceptors (Lipinski definition) is 5. The van der Waals surface area contributed by atoms with Crippen LogP contribution in [0.25, 0.3) is 11.0 Å². The van der Waals surface area contributed by atoms with Crippen molar-refractivity contribution in [3.8, 4) is 17.2 Å². The number of ether oxygens (including phenoxy) is 3. The smallest absolute Gasteiger partial charge is 0.225 e. The molecule has 0 spiro atoms. The number of nitrogens with one attached hydrogen (secondary N) is 2. The van der Waals surface area contributed by atoms with Gasteiger partial charge in [-0.15, -0.1) is 0 Å². The Bertz CT molecular complexity index is 955. The Morgan fingerprint density at radius 3 is 2.30 bits per heavy atom. The number of carbonyl (C=O) groups is 1. The van der Waals surface area contributed by atoms with Gasteiger partial charge in [0.2, 0.25) is 11.7 Å². The average Bonchev–Trinajstić information content (AvgIpc) is 3.16. The van der Waals surface area contributed by atoms with E-state index in [0.717, 1.165) is 28.8 Å². The van der Waals surface area contributed by atoms with Gasteiger partial charge in [0.15, 0.2) is 11.5 Å². The maximum absolute atomic E-state index is 12.9. The topological polar surface area (TPSA) is 85.5 Å². The standard InChI is InChI=1S/C23H29N3O4/c1-14(2)10-18(23-25-16-8-6-7-9-17(16)26-23)24-21(27)13-15-11-19(28-3)22(30-5)20(12-15)29-4/h6-9,11-12,14,18H,10,13H2,1-5H3,(H,24,27)(H,25,26)/t18-/m0/s1. The number of H-pyrrole nitrogens is 1. The second-order valence-corrected chi connectivity index (χ2v) is 7.60. The molecule has 0 aliphatic carbocycles. The number of hydrogen-bond donors (Lipinski definition) is 2. The molecular formula is C23H29N3O4. The Morgan fingerprint density at radius 1 is 1.07 bits per heavy atom. The largest absolute Gasteiger partial charge is 0.493 e. The fourth-order valence-electron chi connectivity index (χ4n) is 3.52. The van der Waals surface area contributed by atoms with Crippen molar-refractivity contribution in [3.05, 3.63) is 47.8 Å². The molecule has 7 nitrogen and oxygen atoms in total. The zero-order valence-electron chi connectivity index (χ0n) is 18.1. The molecule has 3 aromatic rings. The number of carbonyl (C=O) groups excluding carboxylic acids is 1. The van der Waals surface area contributed by atoms with Gasteiger partial charge in [-0.1, -0.05) is 26.0 Å². The number of aromatic nitrogens is 2. The summed E-state index contributed by atoms with van der Waals surface area (Å²) in [5, 5.41) is 3.13. The van der Waals surface area contributed by atoms with Crippen LogP contribution < -0.4 is 19.5 Å². The fourth-order valence-corrected chi connectivity index (χ4v) is 3.52. The summed E-state index contributed by atoms with van der Waals surface area (Å²) in [5.41, 5.74) is 2.62. The van der Waals surface area contributed by atoms with E-state index in [9.17, 15) is 4.79 Å². The molecule has 1 aromatic heterocycles. The lowest BCUT2D eigenvalue weighted by Gasteiger charge is -2.19. The van der Waals surface area contributed by atoms with E-state index in [4.69, 9.17) is 14.2 Å². The molecule has 1 atom stereocenters.